The molecule has 0 aliphatic heterocycles. The van der Waals surface area contributed by atoms with Crippen LogP contribution >= 0.6 is 0 Å². The zero-order valence-corrected chi connectivity index (χ0v) is 13.4. The molecule has 1 heterocycles. The van der Waals surface area contributed by atoms with Crippen LogP contribution in [-0.4, -0.2) is 40.4 Å². The Kier molecular flexibility index (Phi) is 6.02. The Hall–Kier alpha value is -2.50. The highest BCUT2D eigenvalue weighted by Gasteiger charge is 2.14. The van der Waals surface area contributed by atoms with E-state index >= 15 is 0 Å². The number of rotatable bonds is 7. The molecule has 1 aromatic heterocycles. The van der Waals surface area contributed by atoms with E-state index in [4.69, 9.17) is 0 Å². The fraction of sp³-hybridized carbons (Fsp3) is 0.353. The van der Waals surface area contributed by atoms with Gasteiger partial charge in [-0.1, -0.05) is 18.2 Å². The van der Waals surface area contributed by atoms with Crippen molar-refractivity contribution in [3.8, 4) is 0 Å². The summed E-state index contributed by atoms with van der Waals surface area (Å²) in [6, 6.07) is 8.31. The van der Waals surface area contributed by atoms with Crippen LogP contribution in [0.2, 0.25) is 0 Å². The average molecular weight is 316 g/mol. The molecule has 1 amide bonds. The Morgan fingerprint density at radius 2 is 1.96 bits per heavy atom. The minimum Gasteiger partial charge on any atom is -0.370 e. The van der Waals surface area contributed by atoms with Crippen molar-refractivity contribution in [3.63, 3.8) is 0 Å². The summed E-state index contributed by atoms with van der Waals surface area (Å²) in [5.74, 6) is 0.232. The Labute approximate surface area is 135 Å². The van der Waals surface area contributed by atoms with Crippen molar-refractivity contribution in [1.82, 2.24) is 14.9 Å². The van der Waals surface area contributed by atoms with E-state index in [0.29, 0.717) is 43.1 Å². The molecule has 0 fully saturated rings. The lowest BCUT2D eigenvalue weighted by atomic mass is 10.1. The van der Waals surface area contributed by atoms with Crippen molar-refractivity contribution in [2.24, 2.45) is 0 Å². The number of aromatic nitrogens is 2. The molecule has 2 rings (SSSR count). The molecule has 0 saturated carbocycles. The van der Waals surface area contributed by atoms with Crippen LogP contribution in [0, 0.1) is 5.82 Å². The Bertz CT molecular complexity index is 659. The van der Waals surface area contributed by atoms with Crippen LogP contribution in [-0.2, 0) is 6.42 Å². The molecular formula is C17H21FN4O. The number of hydrogen-bond donors (Lipinski definition) is 1. The van der Waals surface area contributed by atoms with Gasteiger partial charge in [0.15, 0.2) is 0 Å². The highest BCUT2D eigenvalue weighted by Crippen LogP contribution is 2.10. The van der Waals surface area contributed by atoms with E-state index < -0.39 is 0 Å². The fourth-order valence-corrected chi connectivity index (χ4v) is 2.27. The van der Waals surface area contributed by atoms with E-state index in [1.807, 2.05) is 19.9 Å². The molecule has 0 atom stereocenters. The monoisotopic (exact) mass is 316 g/mol. The van der Waals surface area contributed by atoms with Crippen molar-refractivity contribution >= 4 is 11.7 Å². The lowest BCUT2D eigenvalue weighted by Gasteiger charge is -2.18. The molecule has 0 radical (unpaired) electrons. The summed E-state index contributed by atoms with van der Waals surface area (Å²) in [5, 5.41) is 3.10. The van der Waals surface area contributed by atoms with Gasteiger partial charge in [-0.3, -0.25) is 4.79 Å². The average Bonchev–Trinajstić information content (AvgIpc) is 2.58. The van der Waals surface area contributed by atoms with Crippen molar-refractivity contribution in [3.05, 3.63) is 53.7 Å². The molecule has 0 aliphatic carbocycles. The Balaban J connectivity index is 1.98. The molecule has 5 nitrogen and oxygen atoms in total. The van der Waals surface area contributed by atoms with E-state index in [0.717, 1.165) is 0 Å². The number of anilines is 1. The molecule has 0 spiro atoms. The first-order valence-corrected chi connectivity index (χ1v) is 7.74. The second kappa shape index (κ2) is 8.22. The number of nitrogens with one attached hydrogen (secondary N) is 1. The second-order valence-corrected chi connectivity index (χ2v) is 5.03. The molecule has 0 bridgehead atoms. The van der Waals surface area contributed by atoms with E-state index in [-0.39, 0.29) is 11.7 Å². The minimum absolute atomic E-state index is 0.116. The highest BCUT2D eigenvalue weighted by molar-refractivity contribution is 5.92. The van der Waals surface area contributed by atoms with Gasteiger partial charge in [0.1, 0.15) is 23.7 Å². The van der Waals surface area contributed by atoms with Gasteiger partial charge in [0, 0.05) is 25.7 Å². The maximum absolute atomic E-state index is 13.5. The van der Waals surface area contributed by atoms with Crippen LogP contribution in [0.25, 0.3) is 0 Å². The van der Waals surface area contributed by atoms with Crippen molar-refractivity contribution in [2.75, 3.05) is 25.0 Å². The molecule has 0 unspecified atom stereocenters. The standard InChI is InChI=1S/C17H21FN4O/c1-3-22(4-2)17(23)15-11-16(21-12-20-15)19-10-9-13-7-5-6-8-14(13)18/h5-8,11-12H,3-4,9-10H2,1-2H3,(H,19,20,21). The first-order valence-electron chi connectivity index (χ1n) is 7.74. The number of halogens is 1. The molecular weight excluding hydrogens is 295 g/mol. The van der Waals surface area contributed by atoms with Crippen LogP contribution in [0.1, 0.15) is 29.9 Å². The molecule has 0 saturated heterocycles. The number of amides is 1. The maximum atomic E-state index is 13.5. The van der Waals surface area contributed by atoms with Gasteiger partial charge in [0.05, 0.1) is 0 Å². The first kappa shape index (κ1) is 16.9. The summed E-state index contributed by atoms with van der Waals surface area (Å²) in [7, 11) is 0. The van der Waals surface area contributed by atoms with Gasteiger partial charge >= 0.3 is 0 Å². The molecule has 6 heteroatoms. The lowest BCUT2D eigenvalue weighted by Crippen LogP contribution is -2.31. The van der Waals surface area contributed by atoms with Crippen molar-refractivity contribution < 1.29 is 9.18 Å². The molecule has 1 N–H and O–H groups in total. The summed E-state index contributed by atoms with van der Waals surface area (Å²) in [6.07, 6.45) is 1.90. The fourth-order valence-electron chi connectivity index (χ4n) is 2.27. The lowest BCUT2D eigenvalue weighted by molar-refractivity contribution is 0.0767. The number of hydrogen-bond acceptors (Lipinski definition) is 4. The third-order valence-corrected chi connectivity index (χ3v) is 3.60. The van der Waals surface area contributed by atoms with Gasteiger partial charge in [0.25, 0.3) is 5.91 Å². The van der Waals surface area contributed by atoms with Crippen LogP contribution in [0.4, 0.5) is 10.2 Å². The normalized spacial score (nSPS) is 10.4. The van der Waals surface area contributed by atoms with E-state index in [9.17, 15) is 9.18 Å². The molecule has 1 aromatic carbocycles. The van der Waals surface area contributed by atoms with Crippen LogP contribution in [0.5, 0.6) is 0 Å². The highest BCUT2D eigenvalue weighted by atomic mass is 19.1. The molecule has 23 heavy (non-hydrogen) atoms. The van der Waals surface area contributed by atoms with Gasteiger partial charge in [-0.2, -0.15) is 0 Å². The quantitative estimate of drug-likeness (QED) is 0.853. The molecule has 2 aromatic rings. The SMILES string of the molecule is CCN(CC)C(=O)c1cc(NCCc2ccccc2F)ncn1. The minimum atomic E-state index is -0.214. The van der Waals surface area contributed by atoms with Gasteiger partial charge in [-0.05, 0) is 31.9 Å². The van der Waals surface area contributed by atoms with Crippen LogP contribution < -0.4 is 5.32 Å². The zero-order valence-electron chi connectivity index (χ0n) is 13.4. The number of carbonyl (C=O) groups is 1. The van der Waals surface area contributed by atoms with E-state index in [1.165, 1.54) is 12.4 Å². The smallest absolute Gasteiger partial charge is 0.272 e. The van der Waals surface area contributed by atoms with Crippen molar-refractivity contribution in [1.29, 1.82) is 0 Å². The van der Waals surface area contributed by atoms with Gasteiger partial charge < -0.3 is 10.2 Å². The van der Waals surface area contributed by atoms with E-state index in [1.54, 1.807) is 23.1 Å². The number of carbonyl (C=O) groups excluding carboxylic acids is 1. The first-order chi connectivity index (χ1) is 11.2. The van der Waals surface area contributed by atoms with Gasteiger partial charge in [0.2, 0.25) is 0 Å². The Morgan fingerprint density at radius 1 is 1.22 bits per heavy atom. The zero-order chi connectivity index (χ0) is 16.7. The third kappa shape index (κ3) is 4.48. The van der Waals surface area contributed by atoms with Crippen molar-refractivity contribution in [2.45, 2.75) is 20.3 Å². The predicted molar refractivity (Wildman–Crippen MR) is 87.9 cm³/mol. The van der Waals surface area contributed by atoms with Gasteiger partial charge in [-0.25, -0.2) is 14.4 Å². The van der Waals surface area contributed by atoms with E-state index in [2.05, 4.69) is 15.3 Å². The predicted octanol–water partition coefficient (Wildman–Crippen LogP) is 2.75. The summed E-state index contributed by atoms with van der Waals surface area (Å²) in [4.78, 5) is 22.1. The summed E-state index contributed by atoms with van der Waals surface area (Å²) >= 11 is 0. The molecule has 122 valence electrons. The summed E-state index contributed by atoms with van der Waals surface area (Å²) < 4.78 is 13.5. The Morgan fingerprint density at radius 3 is 2.65 bits per heavy atom. The number of nitrogens with zero attached hydrogens (tertiary/aromatic N) is 3. The largest absolute Gasteiger partial charge is 0.370 e. The topological polar surface area (TPSA) is 58.1 Å². The molecule has 0 aliphatic rings. The summed E-state index contributed by atoms with van der Waals surface area (Å²) in [5.41, 5.74) is 1.01. The number of benzene rings is 1. The maximum Gasteiger partial charge on any atom is 0.272 e. The third-order valence-electron chi connectivity index (χ3n) is 3.60. The van der Waals surface area contributed by atoms with Crippen LogP contribution in [0.3, 0.4) is 0 Å². The second-order valence-electron chi connectivity index (χ2n) is 5.03. The summed E-state index contributed by atoms with van der Waals surface area (Å²) in [6.45, 7) is 5.65. The van der Waals surface area contributed by atoms with Crippen LogP contribution in [0.15, 0.2) is 36.7 Å². The van der Waals surface area contributed by atoms with Gasteiger partial charge in [-0.15, -0.1) is 0 Å².